The summed E-state index contributed by atoms with van der Waals surface area (Å²) in [6, 6.07) is 32.7. The van der Waals surface area contributed by atoms with Crippen LogP contribution in [0.15, 0.2) is 97.1 Å². The predicted octanol–water partition coefficient (Wildman–Crippen LogP) is 8.56. The molecule has 7 rings (SSSR count). The van der Waals surface area contributed by atoms with E-state index in [1.54, 1.807) is 12.1 Å². The molecule has 0 aliphatic carbocycles. The van der Waals surface area contributed by atoms with Gasteiger partial charge in [0, 0.05) is 32.0 Å². The zero-order valence-electron chi connectivity index (χ0n) is 29.5. The van der Waals surface area contributed by atoms with Crippen molar-refractivity contribution in [1.82, 2.24) is 28.9 Å². The lowest BCUT2D eigenvalue weighted by Gasteiger charge is -2.31. The smallest absolute Gasteiger partial charge is 0.123 e. The van der Waals surface area contributed by atoms with Crippen LogP contribution in [0, 0.1) is 12.7 Å². The number of benzene rings is 4. The summed E-state index contributed by atoms with van der Waals surface area (Å²) in [5, 5.41) is 0. The van der Waals surface area contributed by atoms with Gasteiger partial charge in [-0.05, 0) is 102 Å². The van der Waals surface area contributed by atoms with E-state index in [9.17, 15) is 4.39 Å². The molecule has 0 spiro atoms. The lowest BCUT2D eigenvalue weighted by molar-refractivity contribution is 0.222. The number of aryl methyl sites for hydroxylation is 1. The van der Waals surface area contributed by atoms with Gasteiger partial charge in [-0.25, -0.2) is 14.4 Å². The van der Waals surface area contributed by atoms with Crippen LogP contribution in [0.3, 0.4) is 0 Å². The largest absolute Gasteiger partial charge is 0.326 e. The lowest BCUT2D eigenvalue weighted by Crippen LogP contribution is -2.32. The van der Waals surface area contributed by atoms with Gasteiger partial charge in [-0.15, -0.1) is 0 Å². The topological polar surface area (TPSA) is 42.1 Å². The summed E-state index contributed by atoms with van der Waals surface area (Å²) in [4.78, 5) is 14.3. The third kappa shape index (κ3) is 8.77. The van der Waals surface area contributed by atoms with Gasteiger partial charge in [-0.1, -0.05) is 80.1 Å². The molecule has 6 aromatic rings. The Balaban J connectivity index is 0.000000179. The minimum Gasteiger partial charge on any atom is -0.326 e. The number of likely N-dealkylation sites (tertiary alicyclic amines) is 1. The predicted molar refractivity (Wildman–Crippen MR) is 198 cm³/mol. The number of halogens is 1. The van der Waals surface area contributed by atoms with E-state index in [1.165, 1.54) is 28.2 Å². The third-order valence-electron chi connectivity index (χ3n) is 8.92. The Morgan fingerprint density at radius 3 is 1.98 bits per heavy atom. The molecule has 1 aliphatic heterocycles. The molecule has 2 aromatic heterocycles. The van der Waals surface area contributed by atoms with Gasteiger partial charge in [0.15, 0.2) is 0 Å². The van der Waals surface area contributed by atoms with Gasteiger partial charge in [-0.3, -0.25) is 0 Å². The van der Waals surface area contributed by atoms with E-state index < -0.39 is 0 Å². The molecule has 4 aromatic carbocycles. The molecule has 0 radical (unpaired) electrons. The summed E-state index contributed by atoms with van der Waals surface area (Å²) in [6.45, 7) is 10.3. The first-order valence-electron chi connectivity index (χ1n) is 17.4. The summed E-state index contributed by atoms with van der Waals surface area (Å²) in [6.07, 6.45) is 3.81. The Hall–Kier alpha value is -4.33. The fraction of sp³-hybridized carbons (Fsp3) is 0.366. The molecule has 252 valence electrons. The Bertz CT molecular complexity index is 1900. The molecule has 0 N–H and O–H groups in total. The number of imidazole rings is 2. The van der Waals surface area contributed by atoms with Gasteiger partial charge in [0.05, 0.1) is 22.1 Å². The number of rotatable bonds is 8. The molecule has 3 heterocycles. The number of piperidine rings is 1. The average molecular weight is 647 g/mol. The van der Waals surface area contributed by atoms with Crippen molar-refractivity contribution < 1.29 is 4.39 Å². The fourth-order valence-electron chi connectivity index (χ4n) is 6.52. The number of para-hydroxylation sites is 4. The number of aromatic nitrogens is 4. The van der Waals surface area contributed by atoms with Crippen LogP contribution in [-0.2, 0) is 19.4 Å². The second-order valence-corrected chi connectivity index (χ2v) is 12.9. The first-order valence-corrected chi connectivity index (χ1v) is 17.4. The van der Waals surface area contributed by atoms with E-state index in [4.69, 9.17) is 9.97 Å². The SMILES string of the molecule is CC.CN1CCC(n2c(Cc3cccc(F)c3)nc3ccccc32)CC1.Cc1cccc(Cc2nc3ccccc3n2CCN(C)C)c1. The number of nitrogens with zero attached hydrogens (tertiary/aromatic N) is 6. The van der Waals surface area contributed by atoms with E-state index in [0.29, 0.717) is 12.5 Å². The molecule has 48 heavy (non-hydrogen) atoms. The molecule has 1 fully saturated rings. The first-order chi connectivity index (χ1) is 23.3. The quantitative estimate of drug-likeness (QED) is 0.166. The summed E-state index contributed by atoms with van der Waals surface area (Å²) >= 11 is 0. The molecule has 6 nitrogen and oxygen atoms in total. The van der Waals surface area contributed by atoms with Crippen LogP contribution in [0.25, 0.3) is 22.1 Å². The molecule has 0 bridgehead atoms. The highest BCUT2D eigenvalue weighted by molar-refractivity contribution is 5.77. The van der Waals surface area contributed by atoms with Crippen molar-refractivity contribution in [3.63, 3.8) is 0 Å². The molecule has 0 amide bonds. The molecule has 7 heteroatoms. The maximum Gasteiger partial charge on any atom is 0.123 e. The average Bonchev–Trinajstić information content (AvgIpc) is 3.62. The minimum absolute atomic E-state index is 0.186. The Kier molecular flexibility index (Phi) is 12.2. The van der Waals surface area contributed by atoms with Crippen molar-refractivity contribution in [3.05, 3.63) is 131 Å². The normalized spacial score (nSPS) is 13.8. The molecular weight excluding hydrogens is 595 g/mol. The second kappa shape index (κ2) is 16.7. The summed E-state index contributed by atoms with van der Waals surface area (Å²) in [7, 11) is 6.40. The van der Waals surface area contributed by atoms with Crippen LogP contribution in [0.2, 0.25) is 0 Å². The van der Waals surface area contributed by atoms with E-state index in [1.807, 2.05) is 26.0 Å². The van der Waals surface area contributed by atoms with Crippen molar-refractivity contribution in [2.75, 3.05) is 40.8 Å². The van der Waals surface area contributed by atoms with Crippen molar-refractivity contribution in [2.45, 2.75) is 59.0 Å². The van der Waals surface area contributed by atoms with Crippen molar-refractivity contribution in [2.24, 2.45) is 0 Å². The van der Waals surface area contributed by atoms with Crippen molar-refractivity contribution in [3.8, 4) is 0 Å². The molecule has 1 aliphatic rings. The maximum atomic E-state index is 13.5. The Morgan fingerprint density at radius 1 is 0.729 bits per heavy atom. The molecule has 1 saturated heterocycles. The number of hydrogen-bond acceptors (Lipinski definition) is 4. The zero-order chi connectivity index (χ0) is 34.0. The van der Waals surface area contributed by atoms with E-state index in [-0.39, 0.29) is 5.82 Å². The summed E-state index contributed by atoms with van der Waals surface area (Å²) in [5.74, 6) is 2.00. The van der Waals surface area contributed by atoms with Gasteiger partial charge in [0.25, 0.3) is 0 Å². The Morgan fingerprint density at radius 2 is 1.31 bits per heavy atom. The van der Waals surface area contributed by atoms with Crippen LogP contribution in [0.1, 0.15) is 61.1 Å². The van der Waals surface area contributed by atoms with Crippen molar-refractivity contribution in [1.29, 1.82) is 0 Å². The van der Waals surface area contributed by atoms with Crippen LogP contribution < -0.4 is 0 Å². The monoisotopic (exact) mass is 646 g/mol. The van der Waals surface area contributed by atoms with Crippen LogP contribution >= 0.6 is 0 Å². The molecule has 0 atom stereocenters. The van der Waals surface area contributed by atoms with Crippen molar-refractivity contribution >= 4 is 22.1 Å². The number of fused-ring (bicyclic) bond motifs is 2. The number of likely N-dealkylation sites (N-methyl/N-ethyl adjacent to an activating group) is 1. The van der Waals surface area contributed by atoms with Crippen LogP contribution in [0.5, 0.6) is 0 Å². The fourth-order valence-corrected chi connectivity index (χ4v) is 6.52. The highest BCUT2D eigenvalue weighted by Gasteiger charge is 2.23. The number of hydrogen-bond donors (Lipinski definition) is 0. The highest BCUT2D eigenvalue weighted by Crippen LogP contribution is 2.29. The first kappa shape index (κ1) is 35.0. The maximum absolute atomic E-state index is 13.5. The van der Waals surface area contributed by atoms with Gasteiger partial charge < -0.3 is 18.9 Å². The van der Waals surface area contributed by atoms with E-state index >= 15 is 0 Å². The van der Waals surface area contributed by atoms with Gasteiger partial charge in [0.2, 0.25) is 0 Å². The molecule has 0 saturated carbocycles. The summed E-state index contributed by atoms with van der Waals surface area (Å²) in [5.41, 5.74) is 8.13. The van der Waals surface area contributed by atoms with Crippen LogP contribution in [0.4, 0.5) is 4.39 Å². The standard InChI is InChI=1S/C20H22FN3.C19H23N3.C2H6/c1-23-11-9-17(10-12-23)24-19-8-3-2-7-18(19)22-20(24)14-15-5-4-6-16(21)13-15;1-15-7-6-8-16(13-15)14-19-20-17-9-4-5-10-18(17)22(19)12-11-21(2)3;1-2/h2-8,13,17H,9-12,14H2,1H3;4-10,13H,11-12,14H2,1-3H3;1-2H3. The highest BCUT2D eigenvalue weighted by atomic mass is 19.1. The second-order valence-electron chi connectivity index (χ2n) is 12.9. The van der Waals surface area contributed by atoms with Gasteiger partial charge in [0.1, 0.15) is 17.5 Å². The lowest BCUT2D eigenvalue weighted by atomic mass is 10.0. The Labute approximate surface area is 285 Å². The van der Waals surface area contributed by atoms with Crippen LogP contribution in [-0.4, -0.2) is 69.7 Å². The molecule has 0 unspecified atom stereocenters. The van der Waals surface area contributed by atoms with Gasteiger partial charge >= 0.3 is 0 Å². The zero-order valence-corrected chi connectivity index (χ0v) is 29.5. The third-order valence-corrected chi connectivity index (χ3v) is 8.92. The minimum atomic E-state index is -0.186. The van der Waals surface area contributed by atoms with E-state index in [0.717, 1.165) is 73.7 Å². The van der Waals surface area contributed by atoms with E-state index in [2.05, 4.69) is 114 Å². The molecular formula is C41H51FN6. The van der Waals surface area contributed by atoms with Gasteiger partial charge in [-0.2, -0.15) is 0 Å². The summed E-state index contributed by atoms with van der Waals surface area (Å²) < 4.78 is 18.3.